The first-order valence-electron chi connectivity index (χ1n) is 5.70. The number of nitrogens with zero attached hydrogens (tertiary/aromatic N) is 1. The Morgan fingerprint density at radius 2 is 2.17 bits per heavy atom. The van der Waals surface area contributed by atoms with E-state index in [9.17, 15) is 15.0 Å². The van der Waals surface area contributed by atoms with Crippen molar-refractivity contribution in [2.75, 3.05) is 12.3 Å². The van der Waals surface area contributed by atoms with E-state index in [4.69, 9.17) is 10.5 Å². The molecule has 0 radical (unpaired) electrons. The summed E-state index contributed by atoms with van der Waals surface area (Å²) in [6.07, 6.45) is -2.82. The zero-order chi connectivity index (χ0) is 13.7. The summed E-state index contributed by atoms with van der Waals surface area (Å²) in [6, 6.07) is 3.29. The summed E-state index contributed by atoms with van der Waals surface area (Å²) in [4.78, 5) is 15.2. The van der Waals surface area contributed by atoms with E-state index >= 15 is 0 Å². The van der Waals surface area contributed by atoms with E-state index in [1.165, 1.54) is 0 Å². The smallest absolute Gasteiger partial charge is 0.308 e. The lowest BCUT2D eigenvalue weighted by atomic mass is 10.0. The lowest BCUT2D eigenvalue weighted by Gasteiger charge is -2.18. The number of ether oxygens (including phenoxy) is 1. The summed E-state index contributed by atoms with van der Waals surface area (Å²) in [5.74, 6) is -0.316. The first kappa shape index (κ1) is 14.4. The lowest BCUT2D eigenvalue weighted by Crippen LogP contribution is -2.24. The van der Waals surface area contributed by atoms with Crippen molar-refractivity contribution >= 4 is 11.8 Å². The molecule has 1 rings (SSSR count). The highest BCUT2D eigenvalue weighted by Gasteiger charge is 2.24. The third-order valence-corrected chi connectivity index (χ3v) is 2.48. The summed E-state index contributed by atoms with van der Waals surface area (Å²) in [7, 11) is 0. The highest BCUT2D eigenvalue weighted by molar-refractivity contribution is 5.70. The molecule has 0 fully saturated rings. The molecule has 0 aromatic carbocycles. The fourth-order valence-corrected chi connectivity index (χ4v) is 1.54. The zero-order valence-corrected chi connectivity index (χ0v) is 10.5. The first-order chi connectivity index (χ1) is 8.45. The highest BCUT2D eigenvalue weighted by atomic mass is 16.5. The molecule has 0 aliphatic heterocycles. The molecule has 1 aromatic rings. The maximum absolute atomic E-state index is 11.2. The largest absolute Gasteiger partial charge is 0.466 e. The van der Waals surface area contributed by atoms with Gasteiger partial charge in [0, 0.05) is 0 Å². The van der Waals surface area contributed by atoms with Gasteiger partial charge in [-0.25, -0.2) is 4.98 Å². The zero-order valence-electron chi connectivity index (χ0n) is 10.5. The Morgan fingerprint density at radius 3 is 2.78 bits per heavy atom. The molecule has 4 N–H and O–H groups in total. The second-order valence-electron chi connectivity index (χ2n) is 3.96. The van der Waals surface area contributed by atoms with Gasteiger partial charge in [0.1, 0.15) is 11.9 Å². The monoisotopic (exact) mass is 254 g/mol. The SMILES string of the molecule is CCOC(=O)CC(O)C(O)c1nc(N)ccc1C. The number of hydrogen-bond acceptors (Lipinski definition) is 6. The number of aliphatic hydroxyl groups is 2. The number of nitrogen functional groups attached to an aromatic ring is 1. The fraction of sp³-hybridized carbons (Fsp3) is 0.500. The summed E-state index contributed by atoms with van der Waals surface area (Å²) in [5.41, 5.74) is 6.48. The van der Waals surface area contributed by atoms with Crippen LogP contribution in [-0.4, -0.2) is 33.9 Å². The van der Waals surface area contributed by atoms with Gasteiger partial charge in [0.05, 0.1) is 24.8 Å². The first-order valence-corrected chi connectivity index (χ1v) is 5.70. The minimum absolute atomic E-state index is 0.233. The van der Waals surface area contributed by atoms with Gasteiger partial charge in [0.25, 0.3) is 0 Å². The third-order valence-electron chi connectivity index (χ3n) is 2.48. The van der Waals surface area contributed by atoms with Gasteiger partial charge in [0.15, 0.2) is 0 Å². The Hall–Kier alpha value is -1.66. The Bertz CT molecular complexity index is 423. The number of nitrogens with two attached hydrogens (primary N) is 1. The molecule has 0 bridgehead atoms. The van der Waals surface area contributed by atoms with Crippen molar-refractivity contribution in [3.05, 3.63) is 23.4 Å². The van der Waals surface area contributed by atoms with Crippen LogP contribution in [0.1, 0.15) is 30.7 Å². The molecule has 2 atom stereocenters. The molecule has 0 saturated heterocycles. The molecule has 1 aromatic heterocycles. The maximum atomic E-state index is 11.2. The van der Waals surface area contributed by atoms with E-state index in [2.05, 4.69) is 4.98 Å². The van der Waals surface area contributed by atoms with Gasteiger partial charge < -0.3 is 20.7 Å². The number of anilines is 1. The van der Waals surface area contributed by atoms with Crippen molar-refractivity contribution in [1.29, 1.82) is 0 Å². The molecule has 100 valence electrons. The number of aryl methyl sites for hydroxylation is 1. The summed E-state index contributed by atoms with van der Waals surface area (Å²) in [6.45, 7) is 3.64. The van der Waals surface area contributed by atoms with Crippen LogP contribution in [0.4, 0.5) is 5.82 Å². The van der Waals surface area contributed by atoms with Crippen LogP contribution in [0.5, 0.6) is 0 Å². The number of carbonyl (C=O) groups is 1. The number of aromatic nitrogens is 1. The van der Waals surface area contributed by atoms with Gasteiger partial charge in [0.2, 0.25) is 0 Å². The molecule has 0 spiro atoms. The maximum Gasteiger partial charge on any atom is 0.308 e. The van der Waals surface area contributed by atoms with Gasteiger partial charge in [-0.3, -0.25) is 4.79 Å². The van der Waals surface area contributed by atoms with Crippen LogP contribution in [0.25, 0.3) is 0 Å². The fourth-order valence-electron chi connectivity index (χ4n) is 1.54. The van der Waals surface area contributed by atoms with Crippen LogP contribution >= 0.6 is 0 Å². The van der Waals surface area contributed by atoms with E-state index in [1.54, 1.807) is 26.0 Å². The molecule has 6 nitrogen and oxygen atoms in total. The number of aliphatic hydroxyl groups excluding tert-OH is 2. The number of rotatable bonds is 5. The van der Waals surface area contributed by atoms with Crippen LogP contribution in [0.3, 0.4) is 0 Å². The minimum atomic E-state index is -1.27. The summed E-state index contributed by atoms with van der Waals surface area (Å²) < 4.78 is 4.70. The Balaban J connectivity index is 2.76. The topological polar surface area (TPSA) is 106 Å². The summed E-state index contributed by atoms with van der Waals surface area (Å²) in [5, 5.41) is 19.7. The van der Waals surface area contributed by atoms with Crippen LogP contribution in [-0.2, 0) is 9.53 Å². The second kappa shape index (κ2) is 6.32. The van der Waals surface area contributed by atoms with Gasteiger partial charge >= 0.3 is 5.97 Å². The average molecular weight is 254 g/mol. The van der Waals surface area contributed by atoms with Crippen LogP contribution in [0, 0.1) is 6.92 Å². The van der Waals surface area contributed by atoms with E-state index < -0.39 is 18.2 Å². The van der Waals surface area contributed by atoms with Gasteiger partial charge in [-0.15, -0.1) is 0 Å². The number of carbonyl (C=O) groups excluding carboxylic acids is 1. The van der Waals surface area contributed by atoms with Crippen LogP contribution < -0.4 is 5.73 Å². The predicted octanol–water partition coefficient (Wildman–Crippen LogP) is 0.320. The molecule has 1 heterocycles. The molecular weight excluding hydrogens is 236 g/mol. The molecule has 0 amide bonds. The Kier molecular flexibility index (Phi) is 5.06. The van der Waals surface area contributed by atoms with Crippen molar-refractivity contribution in [2.45, 2.75) is 32.5 Å². The Morgan fingerprint density at radius 1 is 1.50 bits per heavy atom. The van der Waals surface area contributed by atoms with E-state index in [-0.39, 0.29) is 24.5 Å². The molecule has 0 aliphatic carbocycles. The third kappa shape index (κ3) is 3.68. The van der Waals surface area contributed by atoms with E-state index in [0.717, 1.165) is 0 Å². The number of pyridine rings is 1. The lowest BCUT2D eigenvalue weighted by molar-refractivity contribution is -0.147. The molecule has 6 heteroatoms. The standard InChI is InChI=1S/C12H18N2O4/c1-3-18-10(16)6-8(15)12(17)11-7(2)4-5-9(13)14-11/h4-5,8,12,15,17H,3,6H2,1-2H3,(H2,13,14). The van der Waals surface area contributed by atoms with Crippen molar-refractivity contribution in [3.63, 3.8) is 0 Å². The van der Waals surface area contributed by atoms with Crippen molar-refractivity contribution in [3.8, 4) is 0 Å². The van der Waals surface area contributed by atoms with Crippen molar-refractivity contribution < 1.29 is 19.7 Å². The van der Waals surface area contributed by atoms with Crippen molar-refractivity contribution in [1.82, 2.24) is 4.98 Å². The van der Waals surface area contributed by atoms with E-state index in [0.29, 0.717) is 5.56 Å². The molecule has 18 heavy (non-hydrogen) atoms. The summed E-state index contributed by atoms with van der Waals surface area (Å²) >= 11 is 0. The normalized spacial score (nSPS) is 14.0. The van der Waals surface area contributed by atoms with E-state index in [1.807, 2.05) is 0 Å². The average Bonchev–Trinajstić information content (AvgIpc) is 2.31. The quantitative estimate of drug-likeness (QED) is 0.653. The van der Waals surface area contributed by atoms with Crippen LogP contribution in [0.2, 0.25) is 0 Å². The number of esters is 1. The van der Waals surface area contributed by atoms with Gasteiger partial charge in [-0.05, 0) is 25.5 Å². The van der Waals surface area contributed by atoms with Gasteiger partial charge in [-0.1, -0.05) is 6.07 Å². The Labute approximate surface area is 105 Å². The predicted molar refractivity (Wildman–Crippen MR) is 65.6 cm³/mol. The molecular formula is C12H18N2O4. The molecule has 2 unspecified atom stereocenters. The molecule has 0 saturated carbocycles. The second-order valence-corrected chi connectivity index (χ2v) is 3.96. The van der Waals surface area contributed by atoms with Crippen LogP contribution in [0.15, 0.2) is 12.1 Å². The van der Waals surface area contributed by atoms with Gasteiger partial charge in [-0.2, -0.15) is 0 Å². The van der Waals surface area contributed by atoms with Crippen molar-refractivity contribution in [2.24, 2.45) is 0 Å². The highest BCUT2D eigenvalue weighted by Crippen LogP contribution is 2.21. The number of hydrogen-bond donors (Lipinski definition) is 3. The minimum Gasteiger partial charge on any atom is -0.466 e. The molecule has 0 aliphatic rings.